The van der Waals surface area contributed by atoms with E-state index in [4.69, 9.17) is 14.2 Å². The van der Waals surface area contributed by atoms with Crippen LogP contribution in [0.3, 0.4) is 0 Å². The highest BCUT2D eigenvalue weighted by Crippen LogP contribution is 2.36. The first-order valence-corrected chi connectivity index (χ1v) is 13.2. The molecule has 0 radical (unpaired) electrons. The van der Waals surface area contributed by atoms with Crippen molar-refractivity contribution < 1.29 is 24.3 Å². The number of amides is 1. The van der Waals surface area contributed by atoms with Gasteiger partial charge in [0.1, 0.15) is 22.9 Å². The molecular weight excluding hydrogens is 492 g/mol. The maximum atomic E-state index is 12.8. The average molecular weight is 524 g/mol. The van der Waals surface area contributed by atoms with E-state index in [1.807, 2.05) is 95.3 Å². The van der Waals surface area contributed by atoms with Crippen LogP contribution in [0, 0.1) is 0 Å². The van der Waals surface area contributed by atoms with Gasteiger partial charge in [0, 0.05) is 44.5 Å². The lowest BCUT2D eigenvalue weighted by atomic mass is 10.0. The molecule has 2 aliphatic rings. The lowest BCUT2D eigenvalue weighted by Gasteiger charge is -2.33. The largest absolute Gasteiger partial charge is 0.482 e. The first kappa shape index (κ1) is 25.1. The summed E-state index contributed by atoms with van der Waals surface area (Å²) in [5.74, 6) is 3.11. The first-order chi connectivity index (χ1) is 19.2. The molecule has 0 bridgehead atoms. The van der Waals surface area contributed by atoms with Crippen LogP contribution >= 0.6 is 0 Å². The molecule has 2 N–H and O–H groups in total. The fourth-order valence-electron chi connectivity index (χ4n) is 4.86. The monoisotopic (exact) mass is 523 g/mol. The van der Waals surface area contributed by atoms with Crippen LogP contribution in [-0.2, 0) is 9.53 Å². The minimum absolute atomic E-state index is 0.0192. The number of carbonyl (C=O) groups excluding carboxylic acids is 1. The SMILES string of the molecule is O=C1COc2ccc(-c3ccnc([NH2+]c4cccc(Oc5ccccc5)c4)c3)cc2N1CCN1CCOCC1. The van der Waals surface area contributed by atoms with Crippen molar-refractivity contribution in [1.29, 1.82) is 0 Å². The van der Waals surface area contributed by atoms with Gasteiger partial charge in [-0.25, -0.2) is 4.98 Å². The van der Waals surface area contributed by atoms with Gasteiger partial charge in [0.25, 0.3) is 5.91 Å². The van der Waals surface area contributed by atoms with Crippen LogP contribution in [0.4, 0.5) is 17.2 Å². The van der Waals surface area contributed by atoms with Crippen LogP contribution in [0.25, 0.3) is 11.1 Å². The van der Waals surface area contributed by atoms with Crippen molar-refractivity contribution in [2.75, 3.05) is 50.9 Å². The molecule has 3 heterocycles. The van der Waals surface area contributed by atoms with Crippen LogP contribution in [0.2, 0.25) is 0 Å². The molecule has 4 aromatic rings. The number of aromatic nitrogens is 1. The van der Waals surface area contributed by atoms with Crippen molar-refractivity contribution in [3.8, 4) is 28.4 Å². The van der Waals surface area contributed by atoms with Gasteiger partial charge in [-0.1, -0.05) is 30.3 Å². The lowest BCUT2D eigenvalue weighted by molar-refractivity contribution is -0.483. The zero-order chi connectivity index (χ0) is 26.4. The molecular formula is C31H31N4O4+. The number of morpholine rings is 1. The zero-order valence-electron chi connectivity index (χ0n) is 21.7. The predicted molar refractivity (Wildman–Crippen MR) is 149 cm³/mol. The van der Waals surface area contributed by atoms with E-state index in [0.717, 1.165) is 78.4 Å². The number of pyridine rings is 1. The number of quaternary nitrogens is 1. The molecule has 0 spiro atoms. The van der Waals surface area contributed by atoms with E-state index < -0.39 is 0 Å². The summed E-state index contributed by atoms with van der Waals surface area (Å²) in [7, 11) is 0. The zero-order valence-corrected chi connectivity index (χ0v) is 21.7. The summed E-state index contributed by atoms with van der Waals surface area (Å²) in [6, 6.07) is 27.7. The number of para-hydroxylation sites is 1. The van der Waals surface area contributed by atoms with Gasteiger partial charge in [-0.2, -0.15) is 0 Å². The van der Waals surface area contributed by atoms with Gasteiger partial charge >= 0.3 is 0 Å². The molecule has 39 heavy (non-hydrogen) atoms. The summed E-state index contributed by atoms with van der Waals surface area (Å²) in [4.78, 5) is 21.6. The summed E-state index contributed by atoms with van der Waals surface area (Å²) >= 11 is 0. The minimum Gasteiger partial charge on any atom is -0.482 e. The molecule has 8 heteroatoms. The number of nitrogens with two attached hydrogens (primary N) is 1. The second-order valence-electron chi connectivity index (χ2n) is 9.57. The third-order valence-corrected chi connectivity index (χ3v) is 6.91. The normalized spacial score (nSPS) is 15.5. The summed E-state index contributed by atoms with van der Waals surface area (Å²) < 4.78 is 17.2. The highest BCUT2D eigenvalue weighted by atomic mass is 16.5. The van der Waals surface area contributed by atoms with Gasteiger partial charge in [0.05, 0.1) is 18.9 Å². The molecule has 0 atom stereocenters. The Hall–Kier alpha value is -4.24. The number of hydrogen-bond donors (Lipinski definition) is 1. The van der Waals surface area contributed by atoms with E-state index in [0.29, 0.717) is 6.54 Å². The van der Waals surface area contributed by atoms with Gasteiger partial charge in [0.15, 0.2) is 6.61 Å². The summed E-state index contributed by atoms with van der Waals surface area (Å²) in [6.07, 6.45) is 1.81. The van der Waals surface area contributed by atoms with E-state index in [2.05, 4.69) is 16.0 Å². The third-order valence-electron chi connectivity index (χ3n) is 6.91. The van der Waals surface area contributed by atoms with Gasteiger partial charge in [-0.05, 0) is 53.6 Å². The van der Waals surface area contributed by atoms with Crippen molar-refractivity contribution in [3.05, 3.63) is 91.1 Å². The van der Waals surface area contributed by atoms with E-state index in [9.17, 15) is 4.79 Å². The standard InChI is InChI=1S/C31H30N4O4/c36-31-22-38-29-10-9-23(19-28(29)35(31)14-13-34-15-17-37-18-16-34)24-11-12-32-30(20-24)33-25-5-4-8-27(21-25)39-26-6-2-1-3-7-26/h1-12,19-21H,13-18,22H2,(H,32,33)/p+1. The van der Waals surface area contributed by atoms with Crippen LogP contribution in [0.15, 0.2) is 91.1 Å². The van der Waals surface area contributed by atoms with Gasteiger partial charge in [-0.15, -0.1) is 0 Å². The molecule has 8 nitrogen and oxygen atoms in total. The highest BCUT2D eigenvalue weighted by Gasteiger charge is 2.26. The van der Waals surface area contributed by atoms with E-state index >= 15 is 0 Å². The van der Waals surface area contributed by atoms with E-state index in [1.165, 1.54) is 0 Å². The molecule has 1 aromatic heterocycles. The quantitative estimate of drug-likeness (QED) is 0.350. The molecule has 1 amide bonds. The van der Waals surface area contributed by atoms with Crippen molar-refractivity contribution in [2.45, 2.75) is 0 Å². The van der Waals surface area contributed by atoms with E-state index in [-0.39, 0.29) is 12.5 Å². The van der Waals surface area contributed by atoms with Crippen molar-refractivity contribution in [3.63, 3.8) is 0 Å². The fourth-order valence-corrected chi connectivity index (χ4v) is 4.86. The molecule has 6 rings (SSSR count). The summed E-state index contributed by atoms with van der Waals surface area (Å²) in [5, 5.41) is 2.03. The second-order valence-corrected chi connectivity index (χ2v) is 9.57. The minimum atomic E-state index is -0.0192. The number of carbonyl (C=O) groups is 1. The molecule has 0 aliphatic carbocycles. The summed E-state index contributed by atoms with van der Waals surface area (Å²) in [6.45, 7) is 4.76. The Morgan fingerprint density at radius 3 is 2.54 bits per heavy atom. The number of ether oxygens (including phenoxy) is 3. The van der Waals surface area contributed by atoms with Crippen LogP contribution in [0.1, 0.15) is 0 Å². The number of benzene rings is 3. The van der Waals surface area contributed by atoms with Crippen LogP contribution in [0.5, 0.6) is 17.2 Å². The Morgan fingerprint density at radius 1 is 0.846 bits per heavy atom. The molecule has 0 unspecified atom stereocenters. The molecule has 2 aliphatic heterocycles. The topological polar surface area (TPSA) is 80.7 Å². The summed E-state index contributed by atoms with van der Waals surface area (Å²) in [5.41, 5.74) is 3.82. The Labute approximate surface area is 227 Å². The predicted octanol–water partition coefficient (Wildman–Crippen LogP) is 4.13. The number of nitrogens with zero attached hydrogens (tertiary/aromatic N) is 3. The lowest BCUT2D eigenvalue weighted by Crippen LogP contribution is -2.71. The average Bonchev–Trinajstić information content (AvgIpc) is 2.98. The van der Waals surface area contributed by atoms with Crippen molar-refractivity contribution in [2.24, 2.45) is 0 Å². The van der Waals surface area contributed by atoms with Crippen molar-refractivity contribution in [1.82, 2.24) is 9.88 Å². The number of anilines is 1. The number of hydrogen-bond acceptors (Lipinski definition) is 6. The van der Waals surface area contributed by atoms with Crippen LogP contribution < -0.4 is 19.7 Å². The van der Waals surface area contributed by atoms with Gasteiger partial charge < -0.3 is 19.1 Å². The molecule has 1 saturated heterocycles. The molecule has 1 fully saturated rings. The maximum Gasteiger partial charge on any atom is 0.265 e. The number of rotatable bonds is 8. The Balaban J connectivity index is 1.19. The smallest absolute Gasteiger partial charge is 0.265 e. The van der Waals surface area contributed by atoms with Crippen LogP contribution in [-0.4, -0.2) is 61.8 Å². The second kappa shape index (κ2) is 11.7. The highest BCUT2D eigenvalue weighted by molar-refractivity contribution is 5.98. The maximum absolute atomic E-state index is 12.8. The first-order valence-electron chi connectivity index (χ1n) is 13.2. The van der Waals surface area contributed by atoms with Crippen molar-refractivity contribution >= 4 is 23.1 Å². The Bertz CT molecular complexity index is 1440. The van der Waals surface area contributed by atoms with Gasteiger partial charge in [-0.3, -0.25) is 15.0 Å². The van der Waals surface area contributed by atoms with E-state index in [1.54, 1.807) is 0 Å². The fraction of sp³-hybridized carbons (Fsp3) is 0.226. The molecule has 0 saturated carbocycles. The Morgan fingerprint density at radius 2 is 1.67 bits per heavy atom. The number of fused-ring (bicyclic) bond motifs is 1. The molecule has 3 aromatic carbocycles. The Kier molecular flexibility index (Phi) is 7.49. The van der Waals surface area contributed by atoms with Gasteiger partial charge in [0.2, 0.25) is 5.82 Å². The third kappa shape index (κ3) is 6.09. The molecule has 198 valence electrons.